The highest BCUT2D eigenvalue weighted by Gasteiger charge is 2.21. The molecule has 4 rings (SSSR count). The third-order valence-electron chi connectivity index (χ3n) is 5.73. The fourth-order valence-electron chi connectivity index (χ4n) is 3.93. The van der Waals surface area contributed by atoms with E-state index in [1.54, 1.807) is 24.4 Å². The van der Waals surface area contributed by atoms with Gasteiger partial charge in [0.2, 0.25) is 11.9 Å². The van der Waals surface area contributed by atoms with Crippen molar-refractivity contribution >= 4 is 56.6 Å². The third-order valence-corrected chi connectivity index (χ3v) is 6.61. The molecule has 2 heterocycles. The van der Waals surface area contributed by atoms with Crippen molar-refractivity contribution in [3.05, 3.63) is 68.8 Å². The second-order valence-corrected chi connectivity index (χ2v) is 9.36. The minimum Gasteiger partial charge on any atom is -0.371 e. The van der Waals surface area contributed by atoms with Crippen LogP contribution in [0.2, 0.25) is 5.02 Å². The predicted molar refractivity (Wildman–Crippen MR) is 138 cm³/mol. The SMILES string of the molecule is Cc1cc(C#N)cc(Cl)c1Nc1nc(NC2CCN(c3cccc(C(N)=O)c3)CC2)ncc1Br. The molecule has 8 nitrogen and oxygen atoms in total. The number of hydrogen-bond acceptors (Lipinski definition) is 7. The van der Waals surface area contributed by atoms with E-state index in [0.717, 1.165) is 37.2 Å². The number of benzene rings is 2. The number of nitrogens with zero attached hydrogens (tertiary/aromatic N) is 4. The number of carbonyl (C=O) groups excluding carboxylic acids is 1. The molecular weight excluding hydrogens is 518 g/mol. The molecule has 0 aliphatic carbocycles. The molecule has 0 saturated carbocycles. The van der Waals surface area contributed by atoms with Crippen LogP contribution in [0, 0.1) is 18.3 Å². The molecule has 0 radical (unpaired) electrons. The first-order chi connectivity index (χ1) is 16.3. The number of aromatic nitrogens is 2. The van der Waals surface area contributed by atoms with Crippen molar-refractivity contribution in [2.45, 2.75) is 25.8 Å². The molecule has 174 valence electrons. The molecule has 1 fully saturated rings. The zero-order valence-corrected chi connectivity index (χ0v) is 20.8. The summed E-state index contributed by atoms with van der Waals surface area (Å²) in [6.07, 6.45) is 3.47. The first-order valence-corrected chi connectivity index (χ1v) is 11.9. The molecule has 2 aromatic carbocycles. The largest absolute Gasteiger partial charge is 0.371 e. The maximum atomic E-state index is 11.5. The first-order valence-electron chi connectivity index (χ1n) is 10.7. The fraction of sp³-hybridized carbons (Fsp3) is 0.250. The zero-order valence-electron chi connectivity index (χ0n) is 18.5. The number of aryl methyl sites for hydroxylation is 1. The fourth-order valence-corrected chi connectivity index (χ4v) is 4.53. The second kappa shape index (κ2) is 10.3. The van der Waals surface area contributed by atoms with Crippen molar-refractivity contribution in [1.29, 1.82) is 5.26 Å². The van der Waals surface area contributed by atoms with Crippen molar-refractivity contribution in [3.8, 4) is 6.07 Å². The van der Waals surface area contributed by atoms with Crippen LogP contribution in [-0.2, 0) is 0 Å². The summed E-state index contributed by atoms with van der Waals surface area (Å²) >= 11 is 9.87. The van der Waals surface area contributed by atoms with Crippen molar-refractivity contribution in [3.63, 3.8) is 0 Å². The predicted octanol–water partition coefficient (Wildman–Crippen LogP) is 5.00. The van der Waals surface area contributed by atoms with E-state index in [9.17, 15) is 4.79 Å². The maximum Gasteiger partial charge on any atom is 0.248 e. The van der Waals surface area contributed by atoms with Gasteiger partial charge in [0, 0.05) is 36.6 Å². The van der Waals surface area contributed by atoms with Gasteiger partial charge >= 0.3 is 0 Å². The number of nitrogens with two attached hydrogens (primary N) is 1. The van der Waals surface area contributed by atoms with E-state index in [0.29, 0.717) is 38.1 Å². The molecule has 0 bridgehead atoms. The maximum absolute atomic E-state index is 11.5. The Bertz CT molecular complexity index is 1250. The quantitative estimate of drug-likeness (QED) is 0.402. The standard InChI is InChI=1S/C24H23BrClN7O/c1-14-9-15(12-27)10-20(26)21(14)31-23-19(25)13-29-24(32-23)30-17-5-7-33(8-6-17)18-4-2-3-16(11-18)22(28)34/h2-4,9-11,13,17H,5-8H2,1H3,(H2,28,34)(H2,29,30,31,32). The Balaban J connectivity index is 1.42. The number of rotatable bonds is 6. The van der Waals surface area contributed by atoms with Crippen LogP contribution in [-0.4, -0.2) is 35.0 Å². The molecule has 1 saturated heterocycles. The summed E-state index contributed by atoms with van der Waals surface area (Å²) in [5.74, 6) is 0.669. The molecule has 1 amide bonds. The number of nitrogens with one attached hydrogen (secondary N) is 2. The van der Waals surface area contributed by atoms with Gasteiger partial charge in [-0.3, -0.25) is 4.79 Å². The third kappa shape index (κ3) is 5.41. The van der Waals surface area contributed by atoms with Crippen molar-refractivity contribution in [2.24, 2.45) is 5.73 Å². The molecular formula is C24H23BrClN7O. The topological polar surface area (TPSA) is 120 Å². The van der Waals surface area contributed by atoms with Crippen LogP contribution >= 0.6 is 27.5 Å². The lowest BCUT2D eigenvalue weighted by Crippen LogP contribution is -2.39. The van der Waals surface area contributed by atoms with E-state index in [1.807, 2.05) is 25.1 Å². The number of carbonyl (C=O) groups is 1. The summed E-state index contributed by atoms with van der Waals surface area (Å²) in [6, 6.07) is 13.1. The van der Waals surface area contributed by atoms with Crippen LogP contribution in [0.15, 0.2) is 47.1 Å². The van der Waals surface area contributed by atoms with E-state index in [1.165, 1.54) is 0 Å². The summed E-state index contributed by atoms with van der Waals surface area (Å²) in [5, 5.41) is 16.3. The van der Waals surface area contributed by atoms with E-state index < -0.39 is 5.91 Å². The Kier molecular flexibility index (Phi) is 7.20. The molecule has 0 atom stereocenters. The van der Waals surface area contributed by atoms with E-state index in [-0.39, 0.29) is 6.04 Å². The summed E-state index contributed by atoms with van der Waals surface area (Å²) in [5.41, 5.74) is 8.96. The second-order valence-electron chi connectivity index (χ2n) is 8.10. The van der Waals surface area contributed by atoms with Crippen molar-refractivity contribution in [2.75, 3.05) is 28.6 Å². The highest BCUT2D eigenvalue weighted by Crippen LogP contribution is 2.32. The summed E-state index contributed by atoms with van der Waals surface area (Å²) < 4.78 is 0.696. The number of primary amides is 1. The van der Waals surface area contributed by atoms with Gasteiger partial charge in [0.15, 0.2) is 0 Å². The van der Waals surface area contributed by atoms with Gasteiger partial charge in [0.25, 0.3) is 0 Å². The van der Waals surface area contributed by atoms with Crippen LogP contribution in [0.4, 0.5) is 23.1 Å². The van der Waals surface area contributed by atoms with Gasteiger partial charge in [-0.15, -0.1) is 0 Å². The van der Waals surface area contributed by atoms with Crippen molar-refractivity contribution < 1.29 is 4.79 Å². The highest BCUT2D eigenvalue weighted by atomic mass is 79.9. The van der Waals surface area contributed by atoms with Gasteiger partial charge in [0.05, 0.1) is 26.8 Å². The molecule has 0 unspecified atom stereocenters. The molecule has 3 aromatic rings. The summed E-state index contributed by atoms with van der Waals surface area (Å²) in [6.45, 7) is 3.55. The minimum absolute atomic E-state index is 0.213. The smallest absolute Gasteiger partial charge is 0.248 e. The molecule has 4 N–H and O–H groups in total. The molecule has 10 heteroatoms. The van der Waals surface area contributed by atoms with Gasteiger partial charge in [-0.2, -0.15) is 10.2 Å². The summed E-state index contributed by atoms with van der Waals surface area (Å²) in [4.78, 5) is 22.8. The Morgan fingerprint density at radius 1 is 1.29 bits per heavy atom. The van der Waals surface area contributed by atoms with E-state index >= 15 is 0 Å². The van der Waals surface area contributed by atoms with Gasteiger partial charge in [-0.05, 0) is 71.6 Å². The minimum atomic E-state index is -0.423. The Morgan fingerprint density at radius 3 is 2.74 bits per heavy atom. The van der Waals surface area contributed by atoms with Crippen LogP contribution in [0.25, 0.3) is 0 Å². The van der Waals surface area contributed by atoms with Gasteiger partial charge in [0.1, 0.15) is 5.82 Å². The van der Waals surface area contributed by atoms with Crippen LogP contribution in [0.5, 0.6) is 0 Å². The van der Waals surface area contributed by atoms with Crippen molar-refractivity contribution in [1.82, 2.24) is 9.97 Å². The lowest BCUT2D eigenvalue weighted by Gasteiger charge is -2.34. The van der Waals surface area contributed by atoms with E-state index in [4.69, 9.17) is 22.6 Å². The molecule has 34 heavy (non-hydrogen) atoms. The van der Waals surface area contributed by atoms with E-state index in [2.05, 4.69) is 47.5 Å². The van der Waals surface area contributed by atoms with Gasteiger partial charge < -0.3 is 21.3 Å². The number of nitriles is 1. The number of halogens is 2. The van der Waals surface area contributed by atoms with Gasteiger partial charge in [-0.1, -0.05) is 17.7 Å². The lowest BCUT2D eigenvalue weighted by molar-refractivity contribution is 0.100. The zero-order chi connectivity index (χ0) is 24.2. The number of hydrogen-bond donors (Lipinski definition) is 3. The average Bonchev–Trinajstić information content (AvgIpc) is 2.83. The van der Waals surface area contributed by atoms with Crippen LogP contribution in [0.1, 0.15) is 34.3 Å². The Morgan fingerprint density at radius 2 is 2.06 bits per heavy atom. The molecule has 1 aliphatic heterocycles. The lowest BCUT2D eigenvalue weighted by atomic mass is 10.0. The van der Waals surface area contributed by atoms with Crippen LogP contribution in [0.3, 0.4) is 0 Å². The van der Waals surface area contributed by atoms with Gasteiger partial charge in [-0.25, -0.2) is 4.98 Å². The monoisotopic (exact) mass is 539 g/mol. The Labute approximate surface area is 211 Å². The molecule has 1 aliphatic rings. The summed E-state index contributed by atoms with van der Waals surface area (Å²) in [7, 11) is 0. The first kappa shape index (κ1) is 23.8. The normalized spacial score (nSPS) is 13.9. The number of piperidine rings is 1. The Hall–Kier alpha value is -3.35. The number of anilines is 4. The average molecular weight is 541 g/mol. The highest BCUT2D eigenvalue weighted by molar-refractivity contribution is 9.10. The van der Waals surface area contributed by atoms with Crippen LogP contribution < -0.4 is 21.3 Å². The molecule has 1 aromatic heterocycles. The number of amides is 1. The molecule has 0 spiro atoms.